The number of hydrogen-bond donors (Lipinski definition) is 1. The molecule has 2 heterocycles. The number of aliphatic carboxylic acids is 1. The third-order valence-electron chi connectivity index (χ3n) is 4.48. The standard InChI is InChI=1S/C15H29N3O5S.ClH/c1-13-11-18(12-14(2)23-13)24(21,22)17-9-7-16(8-10-17)6-4-3-5-15(19)20;/h13-14H,3-12H2,1-2H3,(H,19,20);1H. The van der Waals surface area contributed by atoms with Crippen LogP contribution in [0.25, 0.3) is 0 Å². The lowest BCUT2D eigenvalue weighted by Gasteiger charge is -2.40. The van der Waals surface area contributed by atoms with Crippen molar-refractivity contribution in [1.29, 1.82) is 0 Å². The summed E-state index contributed by atoms with van der Waals surface area (Å²) in [6.07, 6.45) is 1.52. The average molecular weight is 400 g/mol. The van der Waals surface area contributed by atoms with E-state index in [0.717, 1.165) is 13.0 Å². The Morgan fingerprint density at radius 2 is 1.60 bits per heavy atom. The van der Waals surface area contributed by atoms with Crippen LogP contribution < -0.4 is 0 Å². The first-order valence-electron chi connectivity index (χ1n) is 8.64. The number of carboxylic acid groups (broad SMARTS) is 1. The molecular weight excluding hydrogens is 370 g/mol. The number of halogens is 1. The average Bonchev–Trinajstić information content (AvgIpc) is 2.51. The van der Waals surface area contributed by atoms with Crippen molar-refractivity contribution >= 4 is 28.6 Å². The fourth-order valence-corrected chi connectivity index (χ4v) is 5.03. The molecule has 2 aliphatic rings. The summed E-state index contributed by atoms with van der Waals surface area (Å²) >= 11 is 0. The smallest absolute Gasteiger partial charge is 0.303 e. The van der Waals surface area contributed by atoms with E-state index in [1.165, 1.54) is 4.31 Å². The molecule has 8 nitrogen and oxygen atoms in total. The molecule has 2 fully saturated rings. The van der Waals surface area contributed by atoms with Gasteiger partial charge in [0, 0.05) is 45.7 Å². The number of unbranched alkanes of at least 4 members (excludes halogenated alkanes) is 1. The quantitative estimate of drug-likeness (QED) is 0.631. The molecule has 0 amide bonds. The molecule has 25 heavy (non-hydrogen) atoms. The zero-order valence-corrected chi connectivity index (χ0v) is 16.6. The first kappa shape index (κ1) is 22.6. The third kappa shape index (κ3) is 6.65. The summed E-state index contributed by atoms with van der Waals surface area (Å²) in [6.45, 7) is 7.80. The van der Waals surface area contributed by atoms with Crippen molar-refractivity contribution < 1.29 is 23.1 Å². The maximum atomic E-state index is 12.8. The predicted octanol–water partition coefficient (Wildman–Crippen LogP) is 0.635. The molecule has 0 spiro atoms. The SMILES string of the molecule is CC1CN(S(=O)(=O)N2CCN(CCCCC(=O)O)CC2)CC(C)O1.Cl. The second-order valence-corrected chi connectivity index (χ2v) is 8.60. The minimum atomic E-state index is -3.43. The summed E-state index contributed by atoms with van der Waals surface area (Å²) in [5.41, 5.74) is 0. The molecule has 0 bridgehead atoms. The molecule has 2 rings (SSSR count). The van der Waals surface area contributed by atoms with Crippen LogP contribution in [-0.2, 0) is 19.7 Å². The van der Waals surface area contributed by atoms with Crippen molar-refractivity contribution in [1.82, 2.24) is 13.5 Å². The number of ether oxygens (including phenoxy) is 1. The van der Waals surface area contributed by atoms with Crippen molar-refractivity contribution in [2.24, 2.45) is 0 Å². The van der Waals surface area contributed by atoms with Crippen molar-refractivity contribution in [3.63, 3.8) is 0 Å². The largest absolute Gasteiger partial charge is 0.481 e. The Labute approximate surface area is 156 Å². The van der Waals surface area contributed by atoms with Crippen LogP contribution in [0.15, 0.2) is 0 Å². The van der Waals surface area contributed by atoms with Gasteiger partial charge in [0.25, 0.3) is 10.2 Å². The van der Waals surface area contributed by atoms with Gasteiger partial charge in [-0.2, -0.15) is 17.0 Å². The fraction of sp³-hybridized carbons (Fsp3) is 0.933. The van der Waals surface area contributed by atoms with Crippen LogP contribution in [0, 0.1) is 0 Å². The van der Waals surface area contributed by atoms with Gasteiger partial charge in [-0.25, -0.2) is 0 Å². The van der Waals surface area contributed by atoms with E-state index >= 15 is 0 Å². The van der Waals surface area contributed by atoms with Gasteiger partial charge in [-0.05, 0) is 33.2 Å². The topological polar surface area (TPSA) is 90.4 Å². The second-order valence-electron chi connectivity index (χ2n) is 6.67. The van der Waals surface area contributed by atoms with Crippen molar-refractivity contribution in [3.05, 3.63) is 0 Å². The Bertz CT molecular complexity index is 515. The number of morpholine rings is 1. The van der Waals surface area contributed by atoms with Crippen LogP contribution in [0.2, 0.25) is 0 Å². The molecule has 148 valence electrons. The number of piperazine rings is 1. The van der Waals surface area contributed by atoms with Gasteiger partial charge in [-0.1, -0.05) is 0 Å². The molecule has 0 saturated carbocycles. The van der Waals surface area contributed by atoms with Gasteiger partial charge in [0.15, 0.2) is 0 Å². The third-order valence-corrected chi connectivity index (χ3v) is 6.45. The van der Waals surface area contributed by atoms with E-state index in [9.17, 15) is 13.2 Å². The minimum absolute atomic E-state index is 0. The van der Waals surface area contributed by atoms with E-state index in [1.807, 2.05) is 13.8 Å². The number of hydrogen-bond acceptors (Lipinski definition) is 5. The molecular formula is C15H30ClN3O5S. The van der Waals surface area contributed by atoms with E-state index in [0.29, 0.717) is 45.7 Å². The molecule has 0 aliphatic carbocycles. The van der Waals surface area contributed by atoms with Gasteiger partial charge in [-0.15, -0.1) is 12.4 Å². The van der Waals surface area contributed by atoms with Crippen molar-refractivity contribution in [3.8, 4) is 0 Å². The molecule has 0 aromatic rings. The maximum Gasteiger partial charge on any atom is 0.303 e. The fourth-order valence-electron chi connectivity index (χ4n) is 3.28. The van der Waals surface area contributed by atoms with Crippen LogP contribution in [0.4, 0.5) is 0 Å². The predicted molar refractivity (Wildman–Crippen MR) is 97.2 cm³/mol. The van der Waals surface area contributed by atoms with Crippen LogP contribution in [0.1, 0.15) is 33.1 Å². The lowest BCUT2D eigenvalue weighted by molar-refractivity contribution is -0.137. The lowest BCUT2D eigenvalue weighted by Crippen LogP contribution is -2.57. The molecule has 0 radical (unpaired) electrons. The summed E-state index contributed by atoms with van der Waals surface area (Å²) in [5.74, 6) is -0.764. The zero-order chi connectivity index (χ0) is 17.7. The van der Waals surface area contributed by atoms with Gasteiger partial charge in [-0.3, -0.25) is 4.79 Å². The van der Waals surface area contributed by atoms with Crippen molar-refractivity contribution in [2.45, 2.75) is 45.3 Å². The molecule has 1 N–H and O–H groups in total. The summed E-state index contributed by atoms with van der Waals surface area (Å²) in [7, 11) is -3.43. The van der Waals surface area contributed by atoms with Crippen LogP contribution in [0.3, 0.4) is 0 Å². The highest BCUT2D eigenvalue weighted by molar-refractivity contribution is 7.86. The molecule has 10 heteroatoms. The Kier molecular flexibility index (Phi) is 9.07. The van der Waals surface area contributed by atoms with Crippen LogP contribution >= 0.6 is 12.4 Å². The van der Waals surface area contributed by atoms with E-state index < -0.39 is 16.2 Å². The summed E-state index contributed by atoms with van der Waals surface area (Å²) in [5, 5.41) is 8.64. The molecule has 2 atom stereocenters. The summed E-state index contributed by atoms with van der Waals surface area (Å²) in [4.78, 5) is 12.7. The number of nitrogens with zero attached hydrogens (tertiary/aromatic N) is 3. The van der Waals surface area contributed by atoms with Crippen molar-refractivity contribution in [2.75, 3.05) is 45.8 Å². The first-order chi connectivity index (χ1) is 11.3. The molecule has 0 aromatic carbocycles. The van der Waals surface area contributed by atoms with Crippen LogP contribution in [-0.4, -0.2) is 91.0 Å². The normalized spacial score (nSPS) is 27.0. The monoisotopic (exact) mass is 399 g/mol. The van der Waals surface area contributed by atoms with E-state index in [-0.39, 0.29) is 31.0 Å². The number of carboxylic acids is 1. The van der Waals surface area contributed by atoms with E-state index in [4.69, 9.17) is 9.84 Å². The van der Waals surface area contributed by atoms with Gasteiger partial charge in [0.1, 0.15) is 0 Å². The highest BCUT2D eigenvalue weighted by atomic mass is 35.5. The molecule has 0 aromatic heterocycles. The highest BCUT2D eigenvalue weighted by Crippen LogP contribution is 2.19. The van der Waals surface area contributed by atoms with Gasteiger partial charge in [0.2, 0.25) is 0 Å². The Morgan fingerprint density at radius 1 is 1.04 bits per heavy atom. The highest BCUT2D eigenvalue weighted by Gasteiger charge is 2.36. The summed E-state index contributed by atoms with van der Waals surface area (Å²) < 4.78 is 34.3. The van der Waals surface area contributed by atoms with Crippen LogP contribution in [0.5, 0.6) is 0 Å². The maximum absolute atomic E-state index is 12.8. The molecule has 2 unspecified atom stereocenters. The zero-order valence-electron chi connectivity index (χ0n) is 15.0. The lowest BCUT2D eigenvalue weighted by atomic mass is 10.2. The van der Waals surface area contributed by atoms with Gasteiger partial charge in [0.05, 0.1) is 12.2 Å². The number of carbonyl (C=O) groups is 1. The Balaban J connectivity index is 0.00000312. The Hall–Kier alpha value is -0.450. The van der Waals surface area contributed by atoms with Gasteiger partial charge < -0.3 is 14.7 Å². The summed E-state index contributed by atoms with van der Waals surface area (Å²) in [6, 6.07) is 0. The minimum Gasteiger partial charge on any atom is -0.481 e. The van der Waals surface area contributed by atoms with E-state index in [2.05, 4.69) is 4.90 Å². The molecule has 2 aliphatic heterocycles. The first-order valence-corrected chi connectivity index (χ1v) is 10.0. The second kappa shape index (κ2) is 10.0. The molecule has 2 saturated heterocycles. The number of rotatable bonds is 7. The Morgan fingerprint density at radius 3 is 2.12 bits per heavy atom. The van der Waals surface area contributed by atoms with E-state index in [1.54, 1.807) is 4.31 Å². The van der Waals surface area contributed by atoms with Gasteiger partial charge >= 0.3 is 5.97 Å².